The summed E-state index contributed by atoms with van der Waals surface area (Å²) < 4.78 is 9.71. The first kappa shape index (κ1) is 36.8. The molecule has 5 aromatic rings. The summed E-state index contributed by atoms with van der Waals surface area (Å²) in [5.41, 5.74) is 2.40. The number of imide groups is 2. The molecule has 4 heterocycles. The van der Waals surface area contributed by atoms with Crippen LogP contribution in [0.25, 0.3) is 20.7 Å². The molecule has 6 unspecified atom stereocenters. The van der Waals surface area contributed by atoms with Gasteiger partial charge in [0.05, 0.1) is 44.4 Å². The van der Waals surface area contributed by atoms with Gasteiger partial charge in [-0.15, -0.1) is 11.3 Å². The molecule has 55 heavy (non-hydrogen) atoms. The zero-order chi connectivity index (χ0) is 38.8. The molecule has 2 aromatic heterocycles. The molecular formula is C41H33ClI2N4O6S. The zero-order valence-corrected chi connectivity index (χ0v) is 35.9. The van der Waals surface area contributed by atoms with Gasteiger partial charge in [0, 0.05) is 32.3 Å². The number of carbonyl (C=O) groups is 4. The van der Waals surface area contributed by atoms with E-state index in [1.165, 1.54) is 16.9 Å². The molecular weight excluding hydrogens is 966 g/mol. The Kier molecular flexibility index (Phi) is 8.79. The smallest absolute Gasteiger partial charge is 0.242 e. The Balaban J connectivity index is 1.17. The number of anilines is 2. The first-order chi connectivity index (χ1) is 26.2. The van der Waals surface area contributed by atoms with Gasteiger partial charge in [-0.3, -0.25) is 28.8 Å². The lowest BCUT2D eigenvalue weighted by molar-refractivity contribution is -0.131. The highest BCUT2D eigenvalue weighted by atomic mass is 127. The third kappa shape index (κ3) is 5.31. The number of nitrogens with zero attached hydrogens (tertiary/aromatic N) is 4. The number of fused-ring (bicyclic) bond motifs is 5. The van der Waals surface area contributed by atoms with Crippen LogP contribution in [0.1, 0.15) is 36.8 Å². The van der Waals surface area contributed by atoms with Crippen LogP contribution in [0.5, 0.6) is 11.5 Å². The van der Waals surface area contributed by atoms with Crippen LogP contribution < -0.4 is 14.5 Å². The molecule has 2 saturated heterocycles. The van der Waals surface area contributed by atoms with E-state index in [1.807, 2.05) is 78.9 Å². The lowest BCUT2D eigenvalue weighted by Gasteiger charge is -2.49. The maximum atomic E-state index is 15.2. The minimum atomic E-state index is -1.28. The molecule has 3 aromatic carbocycles. The number of allylic oxidation sites excluding steroid dienone is 2. The van der Waals surface area contributed by atoms with E-state index in [2.05, 4.69) is 22.6 Å². The number of phenols is 1. The summed E-state index contributed by atoms with van der Waals surface area (Å²) in [5, 5.41) is 17.3. The van der Waals surface area contributed by atoms with Gasteiger partial charge < -0.3 is 9.84 Å². The van der Waals surface area contributed by atoms with Gasteiger partial charge in [-0.25, -0.2) is 4.90 Å². The highest BCUT2D eigenvalue weighted by Gasteiger charge is 2.68. The first-order valence-electron chi connectivity index (χ1n) is 17.8. The van der Waals surface area contributed by atoms with Crippen molar-refractivity contribution in [3.63, 3.8) is 0 Å². The summed E-state index contributed by atoms with van der Waals surface area (Å²) in [6.45, 7) is 3.85. The van der Waals surface area contributed by atoms with Crippen molar-refractivity contribution in [2.24, 2.45) is 36.1 Å². The number of benzene rings is 3. The van der Waals surface area contributed by atoms with Crippen LogP contribution in [0.3, 0.4) is 0 Å². The standard InChI is InChI=1S/C41H33ClI2N4O6S/c1-18-25-15-20(42)5-12-31(25)55-36(18)29-17-32(46(3)45-29)48-38(51)27-16-26-23(34(41(27,2)40(48)53)19-13-28(44)35(49)30(14-19)54-4)10-11-24-33(26)39(52)47(37(24)50)22-8-6-21(43)7-9-22/h5-10,12-15,17,24,26-27,33-34,49H,11,16H2,1-4H3. The number of phenolic OH excluding ortho intramolecular Hbond substituents is 1. The molecule has 1 N–H and O–H groups in total. The molecule has 4 aliphatic rings. The summed E-state index contributed by atoms with van der Waals surface area (Å²) in [7, 11) is 3.19. The molecule has 0 radical (unpaired) electrons. The molecule has 9 rings (SSSR count). The van der Waals surface area contributed by atoms with Crippen LogP contribution in [0.15, 0.2) is 72.3 Å². The molecule has 2 aliphatic heterocycles. The van der Waals surface area contributed by atoms with E-state index < -0.39 is 35.0 Å². The minimum Gasteiger partial charge on any atom is -0.504 e. The van der Waals surface area contributed by atoms with E-state index in [9.17, 15) is 19.5 Å². The Hall–Kier alpha value is -3.80. The Morgan fingerprint density at radius 3 is 2.44 bits per heavy atom. The Bertz CT molecular complexity index is 2570. The second-order valence-corrected chi connectivity index (χ2v) is 18.8. The molecule has 0 bridgehead atoms. The minimum absolute atomic E-state index is 0.0278. The number of amides is 4. The summed E-state index contributed by atoms with van der Waals surface area (Å²) in [4.78, 5) is 62.1. The number of rotatable bonds is 5. The monoisotopic (exact) mass is 998 g/mol. The SMILES string of the molecule is COc1cc(C2C3=CCC4C(=O)N(c5ccc(I)cc5)C(=O)C4C3CC3C(=O)N(c4cc(-c5sc6ccc(Cl)cc6c5C)nn4C)C(=O)C32C)cc(I)c1O. The third-order valence-electron chi connectivity index (χ3n) is 12.2. The molecule has 1 saturated carbocycles. The summed E-state index contributed by atoms with van der Waals surface area (Å²) >= 11 is 12.1. The van der Waals surface area contributed by atoms with Gasteiger partial charge in [0.15, 0.2) is 11.5 Å². The molecule has 6 atom stereocenters. The predicted molar refractivity (Wildman–Crippen MR) is 227 cm³/mol. The van der Waals surface area contributed by atoms with E-state index >= 15 is 4.79 Å². The average molecular weight is 999 g/mol. The fraction of sp³-hybridized carbons (Fsp3) is 0.293. The van der Waals surface area contributed by atoms with Gasteiger partial charge >= 0.3 is 0 Å². The van der Waals surface area contributed by atoms with Crippen LogP contribution in [0.2, 0.25) is 5.02 Å². The van der Waals surface area contributed by atoms with Crippen molar-refractivity contribution >= 4 is 113 Å². The molecule has 14 heteroatoms. The Labute approximate surface area is 352 Å². The predicted octanol–water partition coefficient (Wildman–Crippen LogP) is 8.62. The van der Waals surface area contributed by atoms with Gasteiger partial charge in [0.1, 0.15) is 11.5 Å². The summed E-state index contributed by atoms with van der Waals surface area (Å²) in [5.74, 6) is -4.03. The van der Waals surface area contributed by atoms with Crippen LogP contribution in [0, 0.1) is 43.2 Å². The fourth-order valence-electron chi connectivity index (χ4n) is 9.59. The van der Waals surface area contributed by atoms with Crippen LogP contribution >= 0.6 is 68.1 Å². The average Bonchev–Trinajstić information content (AvgIpc) is 3.83. The van der Waals surface area contributed by atoms with Crippen LogP contribution in [-0.4, -0.2) is 45.6 Å². The number of halogens is 3. The molecule has 10 nitrogen and oxygen atoms in total. The molecule has 4 amide bonds. The zero-order valence-electron chi connectivity index (χ0n) is 30.0. The number of aromatic hydroxyl groups is 1. The van der Waals surface area contributed by atoms with Crippen molar-refractivity contribution in [3.05, 3.63) is 95.6 Å². The van der Waals surface area contributed by atoms with Crippen molar-refractivity contribution in [3.8, 4) is 22.1 Å². The molecule has 3 fully saturated rings. The van der Waals surface area contributed by atoms with E-state index in [1.54, 1.807) is 47.3 Å². The van der Waals surface area contributed by atoms with Crippen molar-refractivity contribution in [1.82, 2.24) is 9.78 Å². The Morgan fingerprint density at radius 1 is 0.964 bits per heavy atom. The number of thiophene rings is 1. The van der Waals surface area contributed by atoms with Gasteiger partial charge in [-0.1, -0.05) is 23.3 Å². The second-order valence-electron chi connectivity index (χ2n) is 14.9. The van der Waals surface area contributed by atoms with Crippen molar-refractivity contribution < 1.29 is 29.0 Å². The van der Waals surface area contributed by atoms with Crippen LogP contribution in [-0.2, 0) is 26.2 Å². The largest absolute Gasteiger partial charge is 0.504 e. The van der Waals surface area contributed by atoms with Gasteiger partial charge in [0.25, 0.3) is 0 Å². The van der Waals surface area contributed by atoms with E-state index in [0.29, 0.717) is 37.8 Å². The van der Waals surface area contributed by atoms with Crippen LogP contribution in [0.4, 0.5) is 11.5 Å². The lowest BCUT2D eigenvalue weighted by atomic mass is 9.51. The van der Waals surface area contributed by atoms with E-state index in [4.69, 9.17) is 21.4 Å². The molecule has 280 valence electrons. The first-order valence-corrected chi connectivity index (χ1v) is 21.1. The molecule has 2 aliphatic carbocycles. The maximum Gasteiger partial charge on any atom is 0.242 e. The number of ether oxygens (including phenoxy) is 1. The van der Waals surface area contributed by atoms with Gasteiger partial charge in [0.2, 0.25) is 23.6 Å². The quantitative estimate of drug-likeness (QED) is 0.106. The Morgan fingerprint density at radius 2 is 1.71 bits per heavy atom. The number of hydrogen-bond acceptors (Lipinski definition) is 8. The van der Waals surface area contributed by atoms with Gasteiger partial charge in [-0.05, 0) is 149 Å². The van der Waals surface area contributed by atoms with Crippen molar-refractivity contribution in [2.45, 2.75) is 32.6 Å². The lowest BCUT2D eigenvalue weighted by Crippen LogP contribution is -2.49. The van der Waals surface area contributed by atoms with Crippen molar-refractivity contribution in [2.75, 3.05) is 16.9 Å². The number of hydrogen-bond donors (Lipinski definition) is 1. The highest BCUT2D eigenvalue weighted by Crippen LogP contribution is 2.64. The fourth-order valence-corrected chi connectivity index (χ4v) is 11.9. The second kappa shape index (κ2) is 13.1. The van der Waals surface area contributed by atoms with Gasteiger partial charge in [-0.2, -0.15) is 5.10 Å². The summed E-state index contributed by atoms with van der Waals surface area (Å²) in [6, 6.07) is 18.4. The summed E-state index contributed by atoms with van der Waals surface area (Å²) in [6.07, 6.45) is 2.56. The van der Waals surface area contributed by atoms with Crippen molar-refractivity contribution in [1.29, 1.82) is 0 Å². The number of carbonyl (C=O) groups excluding carboxylic acids is 4. The molecule has 0 spiro atoms. The normalized spacial score (nSPS) is 26.1. The van der Waals surface area contributed by atoms with E-state index in [-0.39, 0.29) is 41.5 Å². The van der Waals surface area contributed by atoms with E-state index in [0.717, 1.165) is 29.7 Å². The number of aromatic nitrogens is 2. The highest BCUT2D eigenvalue weighted by molar-refractivity contribution is 14.1. The third-order valence-corrected chi connectivity index (χ3v) is 15.3. The number of aryl methyl sites for hydroxylation is 2. The number of methoxy groups -OCH3 is 1. The topological polar surface area (TPSA) is 122 Å². The maximum absolute atomic E-state index is 15.2.